The highest BCUT2D eigenvalue weighted by atomic mass is 16.3. The van der Waals surface area contributed by atoms with E-state index in [-0.39, 0.29) is 11.7 Å². The Bertz CT molecular complexity index is 132. The first-order valence-electron chi connectivity index (χ1n) is 2.97. The monoisotopic (exact) mass is 126 g/mol. The van der Waals surface area contributed by atoms with Gasteiger partial charge in [-0.3, -0.25) is 0 Å². The Morgan fingerprint density at radius 2 is 2.00 bits per heavy atom. The highest BCUT2D eigenvalue weighted by molar-refractivity contribution is 5.93. The first-order chi connectivity index (χ1) is 4.04. The molecule has 0 aromatic carbocycles. The van der Waals surface area contributed by atoms with Crippen LogP contribution in [-0.2, 0) is 0 Å². The molecule has 0 bridgehead atoms. The van der Waals surface area contributed by atoms with Crippen LogP contribution in [-0.4, -0.2) is 5.71 Å². The quantitative estimate of drug-likeness (QED) is 0.434. The van der Waals surface area contributed by atoms with Gasteiger partial charge in [-0.1, -0.05) is 26.8 Å². The number of allylic oxidation sites excluding steroid dienone is 2. The summed E-state index contributed by atoms with van der Waals surface area (Å²) in [4.78, 5) is 0. The zero-order chi connectivity index (χ0) is 7.44. The van der Waals surface area contributed by atoms with E-state index in [1.165, 1.54) is 13.0 Å². The molecular weight excluding hydrogens is 114 g/mol. The van der Waals surface area contributed by atoms with Crippen LogP contribution in [0.1, 0.15) is 20.8 Å². The summed E-state index contributed by atoms with van der Waals surface area (Å²) in [6, 6.07) is 0. The lowest BCUT2D eigenvalue weighted by molar-refractivity contribution is -0.301. The maximum atomic E-state index is 10.4. The zero-order valence-corrected chi connectivity index (χ0v) is 6.06. The minimum absolute atomic E-state index is 0.0475. The number of rotatable bonds is 2. The van der Waals surface area contributed by atoms with Crippen LogP contribution in [0.3, 0.4) is 0 Å². The largest absolute Gasteiger partial charge is 0.876 e. The summed E-state index contributed by atoms with van der Waals surface area (Å²) in [5, 5.41) is 17.6. The average molecular weight is 126 g/mol. The normalized spacial score (nSPS) is 12.2. The van der Waals surface area contributed by atoms with E-state index in [4.69, 9.17) is 5.41 Å². The van der Waals surface area contributed by atoms with Gasteiger partial charge in [0.25, 0.3) is 0 Å². The van der Waals surface area contributed by atoms with Crippen LogP contribution in [0, 0.1) is 11.3 Å². The van der Waals surface area contributed by atoms with Gasteiger partial charge in [0.05, 0.1) is 0 Å². The van der Waals surface area contributed by atoms with Gasteiger partial charge in [0.1, 0.15) is 0 Å². The maximum Gasteiger partial charge on any atom is 0.0329 e. The standard InChI is InChI=1S/C7H13NO/c1-5(2)7(8)4-6(3)9/h4-5,8-9H,1-3H3/p-1/b6-4-,8-7?. The van der Waals surface area contributed by atoms with Crippen molar-refractivity contribution in [1.29, 1.82) is 5.41 Å². The van der Waals surface area contributed by atoms with Crippen molar-refractivity contribution >= 4 is 5.71 Å². The Morgan fingerprint density at radius 3 is 2.11 bits per heavy atom. The minimum Gasteiger partial charge on any atom is -0.876 e. The molecule has 2 nitrogen and oxygen atoms in total. The zero-order valence-electron chi connectivity index (χ0n) is 6.06. The fraction of sp³-hybridized carbons (Fsp3) is 0.571. The summed E-state index contributed by atoms with van der Waals surface area (Å²) < 4.78 is 0. The number of hydrogen-bond donors (Lipinski definition) is 1. The summed E-state index contributed by atoms with van der Waals surface area (Å²) >= 11 is 0. The van der Waals surface area contributed by atoms with Gasteiger partial charge in [-0.2, -0.15) is 0 Å². The van der Waals surface area contributed by atoms with Crippen LogP contribution in [0.5, 0.6) is 0 Å². The highest BCUT2D eigenvalue weighted by Crippen LogP contribution is 1.96. The van der Waals surface area contributed by atoms with Gasteiger partial charge >= 0.3 is 0 Å². The Hall–Kier alpha value is -0.790. The Kier molecular flexibility index (Phi) is 2.99. The lowest BCUT2D eigenvalue weighted by Gasteiger charge is -2.06. The molecule has 0 aliphatic rings. The van der Waals surface area contributed by atoms with E-state index < -0.39 is 0 Å². The lowest BCUT2D eigenvalue weighted by Crippen LogP contribution is -2.07. The van der Waals surface area contributed by atoms with Gasteiger partial charge < -0.3 is 10.5 Å². The average Bonchev–Trinajstić information content (AvgIpc) is 1.63. The van der Waals surface area contributed by atoms with E-state index in [0.717, 1.165) is 0 Å². The van der Waals surface area contributed by atoms with Crippen molar-refractivity contribution in [2.75, 3.05) is 0 Å². The smallest absolute Gasteiger partial charge is 0.0329 e. The van der Waals surface area contributed by atoms with Crippen LogP contribution in [0.15, 0.2) is 11.8 Å². The maximum absolute atomic E-state index is 10.4. The molecule has 0 amide bonds. The van der Waals surface area contributed by atoms with Crippen LogP contribution in [0.4, 0.5) is 0 Å². The molecule has 0 heterocycles. The summed E-state index contributed by atoms with van der Waals surface area (Å²) in [6.45, 7) is 5.24. The van der Waals surface area contributed by atoms with Gasteiger partial charge in [-0.05, 0) is 5.92 Å². The minimum atomic E-state index is -0.0475. The molecule has 0 radical (unpaired) electrons. The van der Waals surface area contributed by atoms with Crippen molar-refractivity contribution in [2.45, 2.75) is 20.8 Å². The molecule has 0 aliphatic carbocycles. The number of nitrogens with one attached hydrogen (secondary N) is 1. The van der Waals surface area contributed by atoms with Crippen molar-refractivity contribution in [2.24, 2.45) is 5.92 Å². The predicted molar refractivity (Wildman–Crippen MR) is 36.3 cm³/mol. The third-order valence-corrected chi connectivity index (χ3v) is 0.981. The Balaban J connectivity index is 3.93. The molecular formula is C7H12NO-. The molecule has 0 fully saturated rings. The van der Waals surface area contributed by atoms with Crippen molar-refractivity contribution < 1.29 is 5.11 Å². The van der Waals surface area contributed by atoms with Gasteiger partial charge in [0.15, 0.2) is 0 Å². The van der Waals surface area contributed by atoms with Gasteiger partial charge in [-0.15, -0.1) is 5.76 Å². The molecule has 0 unspecified atom stereocenters. The molecule has 1 N–H and O–H groups in total. The van der Waals surface area contributed by atoms with E-state index in [1.54, 1.807) is 0 Å². The molecule has 0 atom stereocenters. The molecule has 52 valence electrons. The van der Waals surface area contributed by atoms with Gasteiger partial charge in [-0.25, -0.2) is 0 Å². The van der Waals surface area contributed by atoms with E-state index in [1.807, 2.05) is 13.8 Å². The van der Waals surface area contributed by atoms with Crippen molar-refractivity contribution in [3.63, 3.8) is 0 Å². The second-order valence-corrected chi connectivity index (χ2v) is 2.37. The first kappa shape index (κ1) is 8.21. The van der Waals surface area contributed by atoms with Crippen LogP contribution in [0.25, 0.3) is 0 Å². The molecule has 0 aromatic heterocycles. The van der Waals surface area contributed by atoms with Crippen molar-refractivity contribution in [1.82, 2.24) is 0 Å². The summed E-state index contributed by atoms with van der Waals surface area (Å²) in [7, 11) is 0. The predicted octanol–water partition coefficient (Wildman–Crippen LogP) is 0.926. The van der Waals surface area contributed by atoms with Gasteiger partial charge in [0, 0.05) is 5.71 Å². The van der Waals surface area contributed by atoms with Crippen LogP contribution >= 0.6 is 0 Å². The first-order valence-corrected chi connectivity index (χ1v) is 2.97. The Morgan fingerprint density at radius 1 is 1.56 bits per heavy atom. The number of hydrogen-bond acceptors (Lipinski definition) is 2. The van der Waals surface area contributed by atoms with E-state index >= 15 is 0 Å². The molecule has 0 rings (SSSR count). The van der Waals surface area contributed by atoms with Crippen LogP contribution < -0.4 is 5.11 Å². The second kappa shape index (κ2) is 3.28. The van der Waals surface area contributed by atoms with Crippen molar-refractivity contribution in [3.05, 3.63) is 11.8 Å². The molecule has 0 saturated carbocycles. The fourth-order valence-corrected chi connectivity index (χ4v) is 0.386. The van der Waals surface area contributed by atoms with E-state index in [0.29, 0.717) is 5.71 Å². The van der Waals surface area contributed by atoms with Gasteiger partial charge in [0.2, 0.25) is 0 Å². The van der Waals surface area contributed by atoms with Crippen molar-refractivity contribution in [3.8, 4) is 0 Å². The summed E-state index contributed by atoms with van der Waals surface area (Å²) in [5.74, 6) is 0.114. The SMILES string of the molecule is C/C([O-])=C/C(=N)C(C)C. The van der Waals surface area contributed by atoms with E-state index in [9.17, 15) is 5.11 Å². The third kappa shape index (κ3) is 3.76. The Labute approximate surface area is 55.7 Å². The van der Waals surface area contributed by atoms with E-state index in [2.05, 4.69) is 0 Å². The second-order valence-electron chi connectivity index (χ2n) is 2.37. The van der Waals surface area contributed by atoms with Crippen LogP contribution in [0.2, 0.25) is 0 Å². The summed E-state index contributed by atoms with van der Waals surface area (Å²) in [5.41, 5.74) is 0.405. The molecule has 9 heavy (non-hydrogen) atoms. The topological polar surface area (TPSA) is 46.9 Å². The molecule has 2 heteroatoms. The molecule has 0 aromatic rings. The molecule has 0 saturated heterocycles. The molecule has 0 aliphatic heterocycles. The molecule has 0 spiro atoms. The highest BCUT2D eigenvalue weighted by Gasteiger charge is 1.95. The third-order valence-electron chi connectivity index (χ3n) is 0.981. The lowest BCUT2D eigenvalue weighted by atomic mass is 10.1. The fourth-order valence-electron chi connectivity index (χ4n) is 0.386. The summed E-state index contributed by atoms with van der Waals surface area (Å²) in [6.07, 6.45) is 1.35.